The molecule has 34 heavy (non-hydrogen) atoms. The summed E-state index contributed by atoms with van der Waals surface area (Å²) in [5, 5.41) is 6.89. The van der Waals surface area contributed by atoms with Gasteiger partial charge in [0.25, 0.3) is 0 Å². The Hall–Kier alpha value is -3.64. The monoisotopic (exact) mass is 469 g/mol. The number of hydrogen-bond acceptors (Lipinski definition) is 10. The lowest BCUT2D eigenvalue weighted by atomic mass is 10.2. The Labute approximate surface area is 198 Å². The summed E-state index contributed by atoms with van der Waals surface area (Å²) in [5.41, 5.74) is 13.9. The van der Waals surface area contributed by atoms with Crippen LogP contribution in [0.4, 0.5) is 27.8 Å². The first-order chi connectivity index (χ1) is 16.7. The number of aromatic nitrogens is 2. The van der Waals surface area contributed by atoms with Crippen molar-refractivity contribution in [3.05, 3.63) is 36.2 Å². The third kappa shape index (κ3) is 5.83. The number of morpholine rings is 1. The number of nitrogens with one attached hydrogen (secondary N) is 1. The molecule has 2 aromatic rings. The van der Waals surface area contributed by atoms with Gasteiger partial charge in [0.1, 0.15) is 24.6 Å². The summed E-state index contributed by atoms with van der Waals surface area (Å²) in [5.74, 6) is 0.970. The second kappa shape index (κ2) is 11.5. The molecule has 2 saturated heterocycles. The standard InChI is InChI=1S/C22H31N9O3/c23-5-12-34-27-15-19-20(24)25-16-26-21(19)30-6-8-31(9-7-30)22(32)28-17-1-3-18(4-2-17)29-10-13-33-14-11-29/h1-4,15-16H,5-14,23H2,(H,28,32)(H2,24,25,26)/b27-15+. The van der Waals surface area contributed by atoms with Crippen molar-refractivity contribution in [2.24, 2.45) is 10.9 Å². The van der Waals surface area contributed by atoms with E-state index in [0.717, 1.165) is 37.7 Å². The highest BCUT2D eigenvalue weighted by Gasteiger charge is 2.24. The molecule has 2 fully saturated rings. The van der Waals surface area contributed by atoms with Crippen LogP contribution in [0.25, 0.3) is 0 Å². The van der Waals surface area contributed by atoms with E-state index in [-0.39, 0.29) is 6.03 Å². The number of hydrogen-bond donors (Lipinski definition) is 3. The molecule has 3 heterocycles. The molecule has 0 unspecified atom stereocenters. The van der Waals surface area contributed by atoms with Crippen molar-refractivity contribution in [2.75, 3.05) is 86.5 Å². The molecule has 2 aliphatic heterocycles. The Morgan fingerprint density at radius 3 is 2.53 bits per heavy atom. The minimum atomic E-state index is -0.127. The van der Waals surface area contributed by atoms with Crippen LogP contribution in [0.3, 0.4) is 0 Å². The number of urea groups is 1. The summed E-state index contributed by atoms with van der Waals surface area (Å²) in [6, 6.07) is 7.79. The van der Waals surface area contributed by atoms with E-state index >= 15 is 0 Å². The zero-order chi connectivity index (χ0) is 23.8. The first-order valence-electron chi connectivity index (χ1n) is 11.3. The number of ether oxygens (including phenoxy) is 1. The topological polar surface area (TPSA) is 147 Å². The number of carbonyl (C=O) groups is 1. The lowest BCUT2D eigenvalue weighted by Gasteiger charge is -2.36. The predicted octanol–water partition coefficient (Wildman–Crippen LogP) is 0.559. The minimum absolute atomic E-state index is 0.127. The number of amides is 2. The van der Waals surface area contributed by atoms with Gasteiger partial charge in [0.15, 0.2) is 0 Å². The van der Waals surface area contributed by atoms with Crippen LogP contribution < -0.4 is 26.6 Å². The number of nitrogens with zero attached hydrogens (tertiary/aromatic N) is 6. The molecule has 2 aliphatic rings. The van der Waals surface area contributed by atoms with E-state index in [1.54, 1.807) is 4.90 Å². The summed E-state index contributed by atoms with van der Waals surface area (Å²) in [4.78, 5) is 32.4. The van der Waals surface area contributed by atoms with Crippen LogP contribution in [0.5, 0.6) is 0 Å². The molecular formula is C22H31N9O3. The third-order valence-electron chi connectivity index (χ3n) is 5.72. The fourth-order valence-electron chi connectivity index (χ4n) is 3.87. The number of nitrogens with two attached hydrogens (primary N) is 2. The number of anilines is 4. The van der Waals surface area contributed by atoms with Gasteiger partial charge in [-0.25, -0.2) is 14.8 Å². The van der Waals surface area contributed by atoms with Crippen molar-refractivity contribution in [1.29, 1.82) is 0 Å². The maximum Gasteiger partial charge on any atom is 0.321 e. The smallest absolute Gasteiger partial charge is 0.321 e. The number of oxime groups is 1. The quantitative estimate of drug-likeness (QED) is 0.300. The SMILES string of the molecule is NCCO/N=C/c1c(N)ncnc1N1CCN(C(=O)Nc2ccc(N3CCOCC3)cc2)CC1. The fourth-order valence-corrected chi connectivity index (χ4v) is 3.87. The zero-order valence-electron chi connectivity index (χ0n) is 19.1. The van der Waals surface area contributed by atoms with Gasteiger partial charge in [0.05, 0.1) is 25.0 Å². The van der Waals surface area contributed by atoms with Gasteiger partial charge in [-0.1, -0.05) is 5.16 Å². The Balaban J connectivity index is 1.32. The molecule has 0 saturated carbocycles. The van der Waals surface area contributed by atoms with Crippen LogP contribution >= 0.6 is 0 Å². The van der Waals surface area contributed by atoms with Gasteiger partial charge in [-0.05, 0) is 24.3 Å². The van der Waals surface area contributed by atoms with Crippen LogP contribution in [0, 0.1) is 0 Å². The molecule has 0 aliphatic carbocycles. The highest BCUT2D eigenvalue weighted by molar-refractivity contribution is 5.92. The maximum atomic E-state index is 12.8. The van der Waals surface area contributed by atoms with Gasteiger partial charge in [-0.2, -0.15) is 0 Å². The highest BCUT2D eigenvalue weighted by atomic mass is 16.6. The molecule has 0 bridgehead atoms. The second-order valence-electron chi connectivity index (χ2n) is 7.90. The van der Waals surface area contributed by atoms with Crippen LogP contribution in [-0.2, 0) is 9.57 Å². The molecule has 0 spiro atoms. The number of benzene rings is 1. The van der Waals surface area contributed by atoms with Crippen LogP contribution in [0.1, 0.15) is 5.56 Å². The largest absolute Gasteiger partial charge is 0.394 e. The Morgan fingerprint density at radius 1 is 1.09 bits per heavy atom. The minimum Gasteiger partial charge on any atom is -0.394 e. The Morgan fingerprint density at radius 2 is 1.82 bits per heavy atom. The average Bonchev–Trinajstić information content (AvgIpc) is 2.88. The normalized spacial score (nSPS) is 16.7. The van der Waals surface area contributed by atoms with Crippen molar-refractivity contribution in [3.63, 3.8) is 0 Å². The highest BCUT2D eigenvalue weighted by Crippen LogP contribution is 2.22. The van der Waals surface area contributed by atoms with Crippen LogP contribution in [0.2, 0.25) is 0 Å². The first-order valence-corrected chi connectivity index (χ1v) is 11.3. The van der Waals surface area contributed by atoms with Crippen LogP contribution in [-0.4, -0.2) is 92.7 Å². The van der Waals surface area contributed by atoms with E-state index in [1.165, 1.54) is 12.5 Å². The van der Waals surface area contributed by atoms with Gasteiger partial charge in [-0.3, -0.25) is 0 Å². The van der Waals surface area contributed by atoms with Gasteiger partial charge in [0, 0.05) is 57.2 Å². The van der Waals surface area contributed by atoms with E-state index in [9.17, 15) is 4.79 Å². The van der Waals surface area contributed by atoms with E-state index in [2.05, 4.69) is 30.2 Å². The molecule has 12 nitrogen and oxygen atoms in total. The Bertz CT molecular complexity index is 972. The summed E-state index contributed by atoms with van der Waals surface area (Å²) < 4.78 is 5.40. The van der Waals surface area contributed by atoms with E-state index in [0.29, 0.717) is 56.5 Å². The van der Waals surface area contributed by atoms with Gasteiger partial charge < -0.3 is 41.1 Å². The molecule has 0 radical (unpaired) electrons. The number of nitrogen functional groups attached to an aromatic ring is 1. The fraction of sp³-hybridized carbons (Fsp3) is 0.455. The third-order valence-corrected chi connectivity index (χ3v) is 5.72. The van der Waals surface area contributed by atoms with Crippen molar-refractivity contribution < 1.29 is 14.4 Å². The molecule has 1 aromatic carbocycles. The van der Waals surface area contributed by atoms with E-state index < -0.39 is 0 Å². The van der Waals surface area contributed by atoms with E-state index in [1.807, 2.05) is 24.3 Å². The molecule has 2 amide bonds. The second-order valence-corrected chi connectivity index (χ2v) is 7.90. The molecule has 1 aromatic heterocycles. The lowest BCUT2D eigenvalue weighted by molar-refractivity contribution is 0.122. The maximum absolute atomic E-state index is 12.8. The first kappa shape index (κ1) is 23.5. The summed E-state index contributed by atoms with van der Waals surface area (Å²) in [7, 11) is 0. The summed E-state index contributed by atoms with van der Waals surface area (Å²) >= 11 is 0. The zero-order valence-corrected chi connectivity index (χ0v) is 19.1. The van der Waals surface area contributed by atoms with Crippen LogP contribution in [0.15, 0.2) is 35.7 Å². The van der Waals surface area contributed by atoms with Crippen molar-refractivity contribution in [1.82, 2.24) is 14.9 Å². The molecule has 12 heteroatoms. The van der Waals surface area contributed by atoms with Gasteiger partial charge in [-0.15, -0.1) is 0 Å². The van der Waals surface area contributed by atoms with Crippen molar-refractivity contribution >= 4 is 35.3 Å². The number of rotatable bonds is 7. The predicted molar refractivity (Wildman–Crippen MR) is 131 cm³/mol. The Kier molecular flexibility index (Phi) is 7.94. The number of piperazine rings is 1. The molecule has 4 rings (SSSR count). The van der Waals surface area contributed by atoms with Gasteiger partial charge >= 0.3 is 6.03 Å². The molecular weight excluding hydrogens is 438 g/mol. The summed E-state index contributed by atoms with van der Waals surface area (Å²) in [6.07, 6.45) is 2.92. The molecule has 5 N–H and O–H groups in total. The van der Waals surface area contributed by atoms with Crippen molar-refractivity contribution in [2.45, 2.75) is 0 Å². The van der Waals surface area contributed by atoms with E-state index in [4.69, 9.17) is 21.0 Å². The average molecular weight is 470 g/mol. The van der Waals surface area contributed by atoms with Gasteiger partial charge in [0.2, 0.25) is 0 Å². The lowest BCUT2D eigenvalue weighted by Crippen LogP contribution is -2.50. The molecule has 0 atom stereocenters. The summed E-state index contributed by atoms with van der Waals surface area (Å²) in [6.45, 7) is 6.20. The van der Waals surface area contributed by atoms with Crippen molar-refractivity contribution in [3.8, 4) is 0 Å². The number of carbonyl (C=O) groups excluding carboxylic acids is 1. The molecule has 182 valence electrons.